The third-order valence-electron chi connectivity index (χ3n) is 2.40. The predicted octanol–water partition coefficient (Wildman–Crippen LogP) is 1.90. The summed E-state index contributed by atoms with van der Waals surface area (Å²) in [5.41, 5.74) is -0.482. The minimum Gasteiger partial charge on any atom is -0.444 e. The number of ether oxygens (including phenoxy) is 1. The predicted molar refractivity (Wildman–Crippen MR) is 61.0 cm³/mol. The van der Waals surface area contributed by atoms with Crippen LogP contribution in [0.5, 0.6) is 0 Å². The molecule has 1 fully saturated rings. The number of carbonyl (C=O) groups excluding carboxylic acids is 2. The van der Waals surface area contributed by atoms with Crippen molar-refractivity contribution in [2.45, 2.75) is 32.8 Å². The highest BCUT2D eigenvalue weighted by atomic mass is 16.6. The summed E-state index contributed by atoms with van der Waals surface area (Å²) in [7, 11) is 0. The van der Waals surface area contributed by atoms with E-state index in [0.29, 0.717) is 6.54 Å². The maximum absolute atomic E-state index is 11.3. The molecule has 2 atom stereocenters. The molecule has 0 saturated heterocycles. The largest absolute Gasteiger partial charge is 0.444 e. The standard InChI is InChI=1S/C12H19NO3/c1-5-10(14)9-6-8(9)7-13-11(15)16-12(2,3)4/h5,8-9H,1,6-7H2,2-4H3,(H,13,15). The van der Waals surface area contributed by atoms with Gasteiger partial charge in [-0.1, -0.05) is 6.58 Å². The van der Waals surface area contributed by atoms with Gasteiger partial charge in [0.15, 0.2) is 5.78 Å². The van der Waals surface area contributed by atoms with E-state index in [2.05, 4.69) is 11.9 Å². The van der Waals surface area contributed by atoms with Crippen molar-refractivity contribution in [1.29, 1.82) is 0 Å². The summed E-state index contributed by atoms with van der Waals surface area (Å²) in [5.74, 6) is 0.362. The Bertz CT molecular complexity index is 304. The lowest BCUT2D eigenvalue weighted by atomic mass is 10.2. The molecule has 1 aliphatic rings. The van der Waals surface area contributed by atoms with Crippen molar-refractivity contribution in [2.24, 2.45) is 11.8 Å². The van der Waals surface area contributed by atoms with Crippen LogP contribution >= 0.6 is 0 Å². The minimum atomic E-state index is -0.482. The molecule has 0 aromatic rings. The van der Waals surface area contributed by atoms with Crippen LogP contribution in [0.25, 0.3) is 0 Å². The summed E-state index contributed by atoms with van der Waals surface area (Å²) in [5, 5.41) is 2.66. The fourth-order valence-corrected chi connectivity index (χ4v) is 1.50. The van der Waals surface area contributed by atoms with Gasteiger partial charge < -0.3 is 10.1 Å². The average Bonchev–Trinajstić information content (AvgIpc) is 2.90. The van der Waals surface area contributed by atoms with E-state index in [0.717, 1.165) is 6.42 Å². The second-order valence-corrected chi connectivity index (χ2v) is 5.09. The van der Waals surface area contributed by atoms with Gasteiger partial charge in [-0.3, -0.25) is 4.79 Å². The lowest BCUT2D eigenvalue weighted by molar-refractivity contribution is -0.116. The Morgan fingerprint density at radius 3 is 2.62 bits per heavy atom. The molecular formula is C12H19NO3. The van der Waals surface area contributed by atoms with E-state index in [-0.39, 0.29) is 17.6 Å². The Morgan fingerprint density at radius 1 is 1.50 bits per heavy atom. The lowest BCUT2D eigenvalue weighted by Gasteiger charge is -2.19. The first-order valence-electron chi connectivity index (χ1n) is 5.46. The quantitative estimate of drug-likeness (QED) is 0.743. The summed E-state index contributed by atoms with van der Waals surface area (Å²) in [6.07, 6.45) is 1.75. The number of nitrogens with one attached hydrogen (secondary N) is 1. The molecule has 0 aromatic heterocycles. The number of amides is 1. The molecule has 1 N–H and O–H groups in total. The fourth-order valence-electron chi connectivity index (χ4n) is 1.50. The Balaban J connectivity index is 2.20. The third-order valence-corrected chi connectivity index (χ3v) is 2.40. The lowest BCUT2D eigenvalue weighted by Crippen LogP contribution is -2.33. The molecule has 1 rings (SSSR count). The van der Waals surface area contributed by atoms with Crippen molar-refractivity contribution in [1.82, 2.24) is 5.32 Å². The van der Waals surface area contributed by atoms with Gasteiger partial charge in [-0.05, 0) is 39.2 Å². The van der Waals surface area contributed by atoms with Crippen LogP contribution in [0.1, 0.15) is 27.2 Å². The third kappa shape index (κ3) is 4.04. The topological polar surface area (TPSA) is 55.4 Å². The van der Waals surface area contributed by atoms with Gasteiger partial charge >= 0.3 is 6.09 Å². The molecule has 0 bridgehead atoms. The van der Waals surface area contributed by atoms with E-state index in [1.807, 2.05) is 20.8 Å². The zero-order valence-corrected chi connectivity index (χ0v) is 10.1. The fraction of sp³-hybridized carbons (Fsp3) is 0.667. The number of hydrogen-bond acceptors (Lipinski definition) is 3. The van der Waals surface area contributed by atoms with Gasteiger partial charge in [-0.15, -0.1) is 0 Å². The number of allylic oxidation sites excluding steroid dienone is 1. The Morgan fingerprint density at radius 2 is 2.12 bits per heavy atom. The Hall–Kier alpha value is -1.32. The second-order valence-electron chi connectivity index (χ2n) is 5.09. The highest BCUT2D eigenvalue weighted by molar-refractivity contribution is 5.93. The van der Waals surface area contributed by atoms with E-state index in [9.17, 15) is 9.59 Å². The van der Waals surface area contributed by atoms with Crippen molar-refractivity contribution < 1.29 is 14.3 Å². The molecule has 90 valence electrons. The first kappa shape index (κ1) is 12.7. The highest BCUT2D eigenvalue weighted by Crippen LogP contribution is 2.38. The van der Waals surface area contributed by atoms with Gasteiger partial charge in [0.2, 0.25) is 0 Å². The normalized spacial score (nSPS) is 23.4. The summed E-state index contributed by atoms with van der Waals surface area (Å²) < 4.78 is 5.08. The molecule has 0 radical (unpaired) electrons. The van der Waals surface area contributed by atoms with Gasteiger partial charge in [-0.25, -0.2) is 4.79 Å². The number of hydrogen-bond donors (Lipinski definition) is 1. The van der Waals surface area contributed by atoms with E-state index >= 15 is 0 Å². The molecule has 2 unspecified atom stereocenters. The van der Waals surface area contributed by atoms with E-state index < -0.39 is 11.7 Å². The van der Waals surface area contributed by atoms with Crippen molar-refractivity contribution >= 4 is 11.9 Å². The highest BCUT2D eigenvalue weighted by Gasteiger charge is 2.41. The first-order valence-corrected chi connectivity index (χ1v) is 5.46. The van der Waals surface area contributed by atoms with Crippen molar-refractivity contribution in [3.05, 3.63) is 12.7 Å². The molecule has 1 saturated carbocycles. The molecule has 0 aromatic carbocycles. The zero-order chi connectivity index (χ0) is 12.3. The van der Waals surface area contributed by atoms with Gasteiger partial charge in [-0.2, -0.15) is 0 Å². The van der Waals surface area contributed by atoms with Gasteiger partial charge in [0.1, 0.15) is 5.60 Å². The number of rotatable bonds is 4. The summed E-state index contributed by atoms with van der Waals surface area (Å²) >= 11 is 0. The van der Waals surface area contributed by atoms with Crippen LogP contribution in [0, 0.1) is 11.8 Å². The van der Waals surface area contributed by atoms with Crippen LogP contribution < -0.4 is 5.32 Å². The molecule has 1 amide bonds. The van der Waals surface area contributed by atoms with Crippen LogP contribution in [0.3, 0.4) is 0 Å². The number of ketones is 1. The number of carbonyl (C=O) groups is 2. The molecule has 16 heavy (non-hydrogen) atoms. The van der Waals surface area contributed by atoms with Crippen LogP contribution in [0.15, 0.2) is 12.7 Å². The summed E-state index contributed by atoms with van der Waals surface area (Å²) in [6.45, 7) is 9.38. The van der Waals surface area contributed by atoms with E-state index in [4.69, 9.17) is 4.74 Å². The minimum absolute atomic E-state index is 0.0486. The van der Waals surface area contributed by atoms with Crippen LogP contribution in [-0.4, -0.2) is 24.0 Å². The molecular weight excluding hydrogens is 206 g/mol. The zero-order valence-electron chi connectivity index (χ0n) is 10.1. The number of alkyl carbamates (subject to hydrolysis) is 1. The molecule has 4 heteroatoms. The van der Waals surface area contributed by atoms with Gasteiger partial charge in [0, 0.05) is 12.5 Å². The van der Waals surface area contributed by atoms with Gasteiger partial charge in [0.05, 0.1) is 0 Å². The van der Waals surface area contributed by atoms with Crippen LogP contribution in [0.2, 0.25) is 0 Å². The van der Waals surface area contributed by atoms with Crippen molar-refractivity contribution in [3.8, 4) is 0 Å². The first-order chi connectivity index (χ1) is 7.33. The van der Waals surface area contributed by atoms with Crippen LogP contribution in [-0.2, 0) is 9.53 Å². The maximum Gasteiger partial charge on any atom is 0.407 e. The van der Waals surface area contributed by atoms with Crippen molar-refractivity contribution in [2.75, 3.05) is 6.54 Å². The summed E-state index contributed by atoms with van der Waals surface area (Å²) in [4.78, 5) is 22.5. The van der Waals surface area contributed by atoms with Crippen molar-refractivity contribution in [3.63, 3.8) is 0 Å². The maximum atomic E-state index is 11.3. The van der Waals surface area contributed by atoms with Gasteiger partial charge in [0.25, 0.3) is 0 Å². The Kier molecular flexibility index (Phi) is 3.73. The molecule has 0 heterocycles. The van der Waals surface area contributed by atoms with E-state index in [1.165, 1.54) is 6.08 Å². The van der Waals surface area contributed by atoms with Crippen LogP contribution in [0.4, 0.5) is 4.79 Å². The molecule has 1 aliphatic carbocycles. The second kappa shape index (κ2) is 4.68. The molecule has 4 nitrogen and oxygen atoms in total. The molecule has 0 spiro atoms. The average molecular weight is 225 g/mol. The monoisotopic (exact) mass is 225 g/mol. The smallest absolute Gasteiger partial charge is 0.407 e. The SMILES string of the molecule is C=CC(=O)C1CC1CNC(=O)OC(C)(C)C. The molecule has 0 aliphatic heterocycles. The summed E-state index contributed by atoms with van der Waals surface area (Å²) in [6, 6.07) is 0. The van der Waals surface area contributed by atoms with E-state index in [1.54, 1.807) is 0 Å². The Labute approximate surface area is 96.0 Å².